The van der Waals surface area contributed by atoms with Crippen molar-refractivity contribution < 1.29 is 4.79 Å². The number of carbonyl (C=O) groups is 1. The van der Waals surface area contributed by atoms with Gasteiger partial charge in [-0.15, -0.1) is 0 Å². The van der Waals surface area contributed by atoms with E-state index in [0.29, 0.717) is 17.7 Å². The van der Waals surface area contributed by atoms with Gasteiger partial charge >= 0.3 is 0 Å². The lowest BCUT2D eigenvalue weighted by atomic mass is 9.77. The summed E-state index contributed by atoms with van der Waals surface area (Å²) in [5, 5.41) is 0. The minimum Gasteiger partial charge on any atom is -0.343 e. The zero-order chi connectivity index (χ0) is 13.9. The number of likely N-dealkylation sites (tertiary alicyclic amines) is 1. The summed E-state index contributed by atoms with van der Waals surface area (Å²) in [6.45, 7) is 6.47. The van der Waals surface area contributed by atoms with Crippen molar-refractivity contribution in [2.45, 2.75) is 77.2 Å². The molecule has 3 nitrogen and oxygen atoms in total. The molecule has 0 aromatic carbocycles. The summed E-state index contributed by atoms with van der Waals surface area (Å²) < 4.78 is 0. The Morgan fingerprint density at radius 2 is 1.68 bits per heavy atom. The number of hydrogen-bond donors (Lipinski definition) is 1. The molecule has 2 rings (SSSR count). The van der Waals surface area contributed by atoms with Gasteiger partial charge in [-0.1, -0.05) is 39.5 Å². The number of nitrogens with two attached hydrogens (primary N) is 1. The highest BCUT2D eigenvalue weighted by atomic mass is 16.2. The van der Waals surface area contributed by atoms with Crippen LogP contribution in [-0.4, -0.2) is 29.4 Å². The second-order valence-corrected chi connectivity index (χ2v) is 7.14. The fourth-order valence-electron chi connectivity index (χ4n) is 3.50. The van der Waals surface area contributed by atoms with E-state index in [4.69, 9.17) is 5.73 Å². The van der Waals surface area contributed by atoms with Crippen LogP contribution in [-0.2, 0) is 4.79 Å². The topological polar surface area (TPSA) is 46.3 Å². The minimum atomic E-state index is -0.207. The van der Waals surface area contributed by atoms with Crippen LogP contribution in [0, 0.1) is 5.41 Å². The van der Waals surface area contributed by atoms with Crippen LogP contribution in [0.5, 0.6) is 0 Å². The third-order valence-corrected chi connectivity index (χ3v) is 5.53. The third-order valence-electron chi connectivity index (χ3n) is 5.53. The first kappa shape index (κ1) is 14.8. The van der Waals surface area contributed by atoms with Gasteiger partial charge in [-0.25, -0.2) is 0 Å². The molecule has 1 aliphatic carbocycles. The van der Waals surface area contributed by atoms with Crippen LogP contribution in [0.2, 0.25) is 0 Å². The van der Waals surface area contributed by atoms with Gasteiger partial charge in [-0.05, 0) is 31.1 Å². The summed E-state index contributed by atoms with van der Waals surface area (Å²) in [6.07, 6.45) is 9.80. The van der Waals surface area contributed by atoms with Crippen molar-refractivity contribution in [1.29, 1.82) is 0 Å². The lowest BCUT2D eigenvalue weighted by Crippen LogP contribution is -2.49. The molecule has 2 aliphatic rings. The Morgan fingerprint density at radius 3 is 2.21 bits per heavy atom. The van der Waals surface area contributed by atoms with Crippen LogP contribution in [0.25, 0.3) is 0 Å². The summed E-state index contributed by atoms with van der Waals surface area (Å²) in [4.78, 5) is 14.5. The van der Waals surface area contributed by atoms with E-state index in [9.17, 15) is 4.79 Å². The van der Waals surface area contributed by atoms with Crippen molar-refractivity contribution in [1.82, 2.24) is 4.90 Å². The maximum absolute atomic E-state index is 12.4. The van der Waals surface area contributed by atoms with Crippen LogP contribution in [0.4, 0.5) is 0 Å². The van der Waals surface area contributed by atoms with Gasteiger partial charge in [0.1, 0.15) is 0 Å². The smallest absolute Gasteiger partial charge is 0.224 e. The van der Waals surface area contributed by atoms with E-state index in [1.54, 1.807) is 0 Å². The fraction of sp³-hybridized carbons (Fsp3) is 0.938. The van der Waals surface area contributed by atoms with E-state index in [1.807, 2.05) is 0 Å². The molecular formula is C16H30N2O. The van der Waals surface area contributed by atoms with Gasteiger partial charge in [0.05, 0.1) is 0 Å². The molecule has 0 bridgehead atoms. The van der Waals surface area contributed by atoms with Crippen LogP contribution in [0.3, 0.4) is 0 Å². The minimum absolute atomic E-state index is 0.207. The zero-order valence-corrected chi connectivity index (χ0v) is 12.7. The molecule has 2 N–H and O–H groups in total. The standard InChI is InChI=1S/C16H30N2O/c1-3-15(2)9-11-18(12-10-15)14(19)13-16(17)7-5-4-6-8-16/h3-13,17H2,1-2H3. The molecule has 2 fully saturated rings. The first-order valence-corrected chi connectivity index (χ1v) is 8.03. The summed E-state index contributed by atoms with van der Waals surface area (Å²) >= 11 is 0. The maximum Gasteiger partial charge on any atom is 0.224 e. The van der Waals surface area contributed by atoms with Crippen molar-refractivity contribution in [2.75, 3.05) is 13.1 Å². The van der Waals surface area contributed by atoms with Crippen molar-refractivity contribution in [2.24, 2.45) is 11.1 Å². The van der Waals surface area contributed by atoms with E-state index in [0.717, 1.165) is 38.8 Å². The Labute approximate surface area is 117 Å². The molecule has 0 aromatic rings. The second kappa shape index (κ2) is 5.82. The number of amides is 1. The highest BCUT2D eigenvalue weighted by Crippen LogP contribution is 2.35. The second-order valence-electron chi connectivity index (χ2n) is 7.14. The van der Waals surface area contributed by atoms with Crippen LogP contribution in [0.1, 0.15) is 71.6 Å². The van der Waals surface area contributed by atoms with E-state index in [-0.39, 0.29) is 5.54 Å². The van der Waals surface area contributed by atoms with E-state index < -0.39 is 0 Å². The maximum atomic E-state index is 12.4. The monoisotopic (exact) mass is 266 g/mol. The summed E-state index contributed by atoms with van der Waals surface area (Å²) in [5.74, 6) is 0.294. The normalized spacial score (nSPS) is 26.2. The summed E-state index contributed by atoms with van der Waals surface area (Å²) in [7, 11) is 0. The summed E-state index contributed by atoms with van der Waals surface area (Å²) in [6, 6.07) is 0. The molecule has 1 saturated heterocycles. The lowest BCUT2D eigenvalue weighted by molar-refractivity contribution is -0.135. The Morgan fingerprint density at radius 1 is 1.11 bits per heavy atom. The van der Waals surface area contributed by atoms with Crippen LogP contribution < -0.4 is 5.73 Å². The van der Waals surface area contributed by atoms with Gasteiger partial charge < -0.3 is 10.6 Å². The largest absolute Gasteiger partial charge is 0.343 e. The average Bonchev–Trinajstić information content (AvgIpc) is 2.40. The Hall–Kier alpha value is -0.570. The SMILES string of the molecule is CCC1(C)CCN(C(=O)CC2(N)CCCCC2)CC1. The number of hydrogen-bond acceptors (Lipinski definition) is 2. The molecule has 1 aliphatic heterocycles. The van der Waals surface area contributed by atoms with Crippen LogP contribution in [0.15, 0.2) is 0 Å². The molecule has 0 unspecified atom stereocenters. The molecular weight excluding hydrogens is 236 g/mol. The van der Waals surface area contributed by atoms with E-state index >= 15 is 0 Å². The molecule has 19 heavy (non-hydrogen) atoms. The number of carbonyl (C=O) groups excluding carboxylic acids is 1. The average molecular weight is 266 g/mol. The Kier molecular flexibility index (Phi) is 4.54. The predicted octanol–water partition coefficient (Wildman–Crippen LogP) is 3.08. The number of piperidine rings is 1. The molecule has 1 amide bonds. The van der Waals surface area contributed by atoms with Gasteiger partial charge in [0.25, 0.3) is 0 Å². The molecule has 0 radical (unpaired) electrons. The molecule has 0 aromatic heterocycles. The quantitative estimate of drug-likeness (QED) is 0.853. The predicted molar refractivity (Wildman–Crippen MR) is 78.8 cm³/mol. The van der Waals surface area contributed by atoms with Crippen molar-refractivity contribution in [3.05, 3.63) is 0 Å². The fourth-order valence-corrected chi connectivity index (χ4v) is 3.50. The van der Waals surface area contributed by atoms with Crippen molar-refractivity contribution >= 4 is 5.91 Å². The van der Waals surface area contributed by atoms with Gasteiger partial charge in [0.2, 0.25) is 5.91 Å². The molecule has 1 heterocycles. The Balaban J connectivity index is 1.84. The van der Waals surface area contributed by atoms with Crippen LogP contribution >= 0.6 is 0 Å². The van der Waals surface area contributed by atoms with Gasteiger partial charge in [-0.2, -0.15) is 0 Å². The van der Waals surface area contributed by atoms with Gasteiger partial charge in [-0.3, -0.25) is 4.79 Å². The molecule has 0 spiro atoms. The first-order valence-electron chi connectivity index (χ1n) is 8.03. The third kappa shape index (κ3) is 3.71. The molecule has 3 heteroatoms. The molecule has 110 valence electrons. The lowest BCUT2D eigenvalue weighted by Gasteiger charge is -2.41. The first-order chi connectivity index (χ1) is 8.96. The van der Waals surface area contributed by atoms with E-state index in [2.05, 4.69) is 18.7 Å². The van der Waals surface area contributed by atoms with Gasteiger partial charge in [0.15, 0.2) is 0 Å². The zero-order valence-electron chi connectivity index (χ0n) is 12.7. The molecule has 1 saturated carbocycles. The van der Waals surface area contributed by atoms with Gasteiger partial charge in [0, 0.05) is 25.0 Å². The van der Waals surface area contributed by atoms with Crippen molar-refractivity contribution in [3.8, 4) is 0 Å². The highest BCUT2D eigenvalue weighted by Gasteiger charge is 2.34. The number of nitrogens with zero attached hydrogens (tertiary/aromatic N) is 1. The summed E-state index contributed by atoms with van der Waals surface area (Å²) in [5.41, 5.74) is 6.64. The number of rotatable bonds is 3. The van der Waals surface area contributed by atoms with Crippen molar-refractivity contribution in [3.63, 3.8) is 0 Å². The molecule has 0 atom stereocenters. The Bertz CT molecular complexity index is 313. The van der Waals surface area contributed by atoms with E-state index in [1.165, 1.54) is 25.7 Å². The highest BCUT2D eigenvalue weighted by molar-refractivity contribution is 5.77.